The van der Waals surface area contributed by atoms with Crippen molar-refractivity contribution in [1.82, 2.24) is 0 Å². The molecule has 21 heavy (non-hydrogen) atoms. The van der Waals surface area contributed by atoms with E-state index in [0.717, 1.165) is 11.3 Å². The standard InChI is InChI=1S/C17H17NO3/c1-20-17(19)16-12-15(13-8-4-2-5-9-13)18(21-16)14-10-6-3-7-11-14/h2-11,15-16H,12H2,1H3/t15-,16+/m0/s1. The third-order valence-corrected chi connectivity index (χ3v) is 3.62. The lowest BCUT2D eigenvalue weighted by molar-refractivity contribution is -0.151. The number of carbonyl (C=O) groups is 1. The molecule has 0 saturated carbocycles. The van der Waals surface area contributed by atoms with Crippen molar-refractivity contribution in [2.75, 3.05) is 12.2 Å². The zero-order chi connectivity index (χ0) is 14.7. The molecule has 3 rings (SSSR count). The van der Waals surface area contributed by atoms with Crippen LogP contribution in [0.2, 0.25) is 0 Å². The van der Waals surface area contributed by atoms with E-state index in [9.17, 15) is 4.79 Å². The van der Waals surface area contributed by atoms with Gasteiger partial charge in [0.1, 0.15) is 0 Å². The van der Waals surface area contributed by atoms with Crippen molar-refractivity contribution in [1.29, 1.82) is 0 Å². The predicted octanol–water partition coefficient (Wildman–Crippen LogP) is 3.11. The van der Waals surface area contributed by atoms with Crippen molar-refractivity contribution in [3.05, 3.63) is 66.2 Å². The smallest absolute Gasteiger partial charge is 0.337 e. The van der Waals surface area contributed by atoms with E-state index >= 15 is 0 Å². The highest BCUT2D eigenvalue weighted by atomic mass is 16.7. The number of ether oxygens (including phenoxy) is 1. The molecule has 2 aromatic carbocycles. The van der Waals surface area contributed by atoms with Gasteiger partial charge in [-0.25, -0.2) is 9.86 Å². The van der Waals surface area contributed by atoms with Crippen LogP contribution in [0.15, 0.2) is 60.7 Å². The number of hydroxylamine groups is 1. The number of rotatable bonds is 3. The summed E-state index contributed by atoms with van der Waals surface area (Å²) in [5.74, 6) is -0.339. The van der Waals surface area contributed by atoms with Gasteiger partial charge in [-0.05, 0) is 17.7 Å². The van der Waals surface area contributed by atoms with Crippen molar-refractivity contribution in [2.45, 2.75) is 18.6 Å². The molecule has 0 aromatic heterocycles. The second-order valence-electron chi connectivity index (χ2n) is 4.94. The summed E-state index contributed by atoms with van der Waals surface area (Å²) in [7, 11) is 1.38. The fraction of sp³-hybridized carbons (Fsp3) is 0.235. The Balaban J connectivity index is 1.93. The topological polar surface area (TPSA) is 38.8 Å². The van der Waals surface area contributed by atoms with Gasteiger partial charge in [0.05, 0.1) is 18.8 Å². The molecule has 0 unspecified atom stereocenters. The lowest BCUT2D eigenvalue weighted by Gasteiger charge is -2.24. The van der Waals surface area contributed by atoms with E-state index in [2.05, 4.69) is 0 Å². The second-order valence-corrected chi connectivity index (χ2v) is 4.94. The highest BCUT2D eigenvalue weighted by Gasteiger charge is 2.39. The first kappa shape index (κ1) is 13.6. The Hall–Kier alpha value is -2.33. The van der Waals surface area contributed by atoms with Crippen molar-refractivity contribution in [2.24, 2.45) is 0 Å². The summed E-state index contributed by atoms with van der Waals surface area (Å²) < 4.78 is 4.81. The number of para-hydroxylation sites is 1. The number of anilines is 1. The van der Waals surface area contributed by atoms with E-state index in [1.807, 2.05) is 60.7 Å². The van der Waals surface area contributed by atoms with Crippen LogP contribution >= 0.6 is 0 Å². The average molecular weight is 283 g/mol. The van der Waals surface area contributed by atoms with Gasteiger partial charge in [-0.3, -0.25) is 4.84 Å². The van der Waals surface area contributed by atoms with Crippen LogP contribution in [-0.2, 0) is 14.4 Å². The maximum Gasteiger partial charge on any atom is 0.337 e. The average Bonchev–Trinajstić information content (AvgIpc) is 3.01. The lowest BCUT2D eigenvalue weighted by atomic mass is 10.0. The van der Waals surface area contributed by atoms with Gasteiger partial charge >= 0.3 is 5.97 Å². The monoisotopic (exact) mass is 283 g/mol. The highest BCUT2D eigenvalue weighted by molar-refractivity contribution is 5.75. The van der Waals surface area contributed by atoms with Gasteiger partial charge in [-0.2, -0.15) is 0 Å². The molecule has 0 spiro atoms. The van der Waals surface area contributed by atoms with Crippen LogP contribution in [0.4, 0.5) is 5.69 Å². The molecule has 2 atom stereocenters. The molecular formula is C17H17NO3. The molecule has 0 radical (unpaired) electrons. The molecule has 4 nitrogen and oxygen atoms in total. The van der Waals surface area contributed by atoms with Crippen LogP contribution in [0.3, 0.4) is 0 Å². The van der Waals surface area contributed by atoms with E-state index < -0.39 is 6.10 Å². The summed E-state index contributed by atoms with van der Waals surface area (Å²) in [5.41, 5.74) is 2.05. The number of esters is 1. The molecule has 0 amide bonds. The molecule has 0 bridgehead atoms. The molecule has 1 aliphatic rings. The lowest BCUT2D eigenvalue weighted by Crippen LogP contribution is -2.25. The quantitative estimate of drug-likeness (QED) is 0.811. The summed E-state index contributed by atoms with van der Waals surface area (Å²) in [6, 6.07) is 19.8. The predicted molar refractivity (Wildman–Crippen MR) is 79.6 cm³/mol. The Labute approximate surface area is 123 Å². The third-order valence-electron chi connectivity index (χ3n) is 3.62. The highest BCUT2D eigenvalue weighted by Crippen LogP contribution is 2.38. The van der Waals surface area contributed by atoms with Gasteiger partial charge < -0.3 is 4.74 Å². The zero-order valence-electron chi connectivity index (χ0n) is 11.8. The molecule has 1 fully saturated rings. The maximum absolute atomic E-state index is 11.8. The molecule has 4 heteroatoms. The number of hydrogen-bond acceptors (Lipinski definition) is 4. The van der Waals surface area contributed by atoms with Crippen LogP contribution in [0.1, 0.15) is 18.0 Å². The van der Waals surface area contributed by atoms with Gasteiger partial charge in [0, 0.05) is 6.42 Å². The Morgan fingerprint density at radius 2 is 1.71 bits per heavy atom. The molecule has 0 N–H and O–H groups in total. The van der Waals surface area contributed by atoms with Gasteiger partial charge in [0.25, 0.3) is 0 Å². The maximum atomic E-state index is 11.8. The fourth-order valence-corrected chi connectivity index (χ4v) is 2.59. The van der Waals surface area contributed by atoms with Gasteiger partial charge in [0.15, 0.2) is 6.10 Å². The van der Waals surface area contributed by atoms with Gasteiger partial charge in [-0.1, -0.05) is 48.5 Å². The van der Waals surface area contributed by atoms with E-state index in [1.165, 1.54) is 7.11 Å². The Morgan fingerprint density at radius 3 is 2.33 bits per heavy atom. The molecule has 1 saturated heterocycles. The van der Waals surface area contributed by atoms with Crippen LogP contribution in [0.25, 0.3) is 0 Å². The fourth-order valence-electron chi connectivity index (χ4n) is 2.59. The summed E-state index contributed by atoms with van der Waals surface area (Å²) in [5, 5.41) is 1.80. The molecule has 2 aromatic rings. The number of nitrogens with zero attached hydrogens (tertiary/aromatic N) is 1. The second kappa shape index (κ2) is 5.97. The van der Waals surface area contributed by atoms with Crippen LogP contribution in [0.5, 0.6) is 0 Å². The first-order valence-electron chi connectivity index (χ1n) is 6.93. The van der Waals surface area contributed by atoms with Crippen molar-refractivity contribution in [3.8, 4) is 0 Å². The van der Waals surface area contributed by atoms with E-state index in [0.29, 0.717) is 6.42 Å². The minimum absolute atomic E-state index is 0.00213. The first-order valence-corrected chi connectivity index (χ1v) is 6.93. The third kappa shape index (κ3) is 2.76. The summed E-state index contributed by atoms with van der Waals surface area (Å²) in [6.07, 6.45) is 0.00592. The van der Waals surface area contributed by atoms with Crippen LogP contribution < -0.4 is 5.06 Å². The summed E-state index contributed by atoms with van der Waals surface area (Å²) >= 11 is 0. The van der Waals surface area contributed by atoms with Crippen molar-refractivity contribution in [3.63, 3.8) is 0 Å². The van der Waals surface area contributed by atoms with Crippen molar-refractivity contribution >= 4 is 11.7 Å². The Kier molecular flexibility index (Phi) is 3.88. The van der Waals surface area contributed by atoms with Crippen LogP contribution in [-0.4, -0.2) is 19.2 Å². The molecule has 0 aliphatic carbocycles. The van der Waals surface area contributed by atoms with E-state index in [4.69, 9.17) is 9.57 Å². The summed E-state index contributed by atoms with van der Waals surface area (Å²) in [6.45, 7) is 0. The Morgan fingerprint density at radius 1 is 1.10 bits per heavy atom. The molecule has 1 aliphatic heterocycles. The van der Waals surface area contributed by atoms with E-state index in [1.54, 1.807) is 5.06 Å². The van der Waals surface area contributed by atoms with Gasteiger partial charge in [0.2, 0.25) is 0 Å². The zero-order valence-corrected chi connectivity index (χ0v) is 11.8. The minimum Gasteiger partial charge on any atom is -0.467 e. The Bertz CT molecular complexity index is 552. The number of hydrogen-bond donors (Lipinski definition) is 0. The first-order chi connectivity index (χ1) is 10.3. The molecule has 108 valence electrons. The largest absolute Gasteiger partial charge is 0.467 e. The summed E-state index contributed by atoms with van der Waals surface area (Å²) in [4.78, 5) is 17.6. The van der Waals surface area contributed by atoms with Crippen LogP contribution in [0, 0.1) is 0 Å². The number of carbonyl (C=O) groups excluding carboxylic acids is 1. The molecular weight excluding hydrogens is 266 g/mol. The number of methoxy groups -OCH3 is 1. The minimum atomic E-state index is -0.569. The SMILES string of the molecule is COC(=O)[C@H]1C[C@@H](c2ccccc2)N(c2ccccc2)O1. The molecule has 1 heterocycles. The number of benzene rings is 2. The van der Waals surface area contributed by atoms with Crippen molar-refractivity contribution < 1.29 is 14.4 Å². The van der Waals surface area contributed by atoms with Gasteiger partial charge in [-0.15, -0.1) is 0 Å². The van der Waals surface area contributed by atoms with E-state index in [-0.39, 0.29) is 12.0 Å². The normalized spacial score (nSPS) is 21.3.